The molecule has 2 aromatic carbocycles. The normalized spacial score (nSPS) is 19.2. The lowest BCUT2D eigenvalue weighted by Gasteiger charge is -2.11. The summed E-state index contributed by atoms with van der Waals surface area (Å²) in [6.07, 6.45) is 5.54. The Kier molecular flexibility index (Phi) is 4.13. The molecule has 0 radical (unpaired) electrons. The number of carbonyl (C=O) groups is 2. The van der Waals surface area contributed by atoms with Crippen molar-refractivity contribution in [2.45, 2.75) is 42.9 Å². The minimum atomic E-state index is -0.717. The molecule has 2 N–H and O–H groups in total. The van der Waals surface area contributed by atoms with E-state index in [1.807, 2.05) is 42.5 Å². The molecule has 30 heavy (non-hydrogen) atoms. The lowest BCUT2D eigenvalue weighted by Crippen LogP contribution is -2.19. The molecule has 3 aliphatic rings. The molecule has 1 aliphatic heterocycles. The first-order chi connectivity index (χ1) is 14.4. The number of aliphatic carboxylic acids is 2. The van der Waals surface area contributed by atoms with Gasteiger partial charge in [-0.2, -0.15) is 0 Å². The summed E-state index contributed by atoms with van der Waals surface area (Å²) in [6, 6.07) is 13.3. The van der Waals surface area contributed by atoms with E-state index in [2.05, 4.69) is 0 Å². The third-order valence-electron chi connectivity index (χ3n) is 6.57. The van der Waals surface area contributed by atoms with Gasteiger partial charge in [0.2, 0.25) is 0 Å². The highest BCUT2D eigenvalue weighted by atomic mass is 16.5. The Labute approximate surface area is 173 Å². The Balaban J connectivity index is 0.000000128. The van der Waals surface area contributed by atoms with Gasteiger partial charge in [0.15, 0.2) is 0 Å². The van der Waals surface area contributed by atoms with Gasteiger partial charge in [0, 0.05) is 11.8 Å². The second-order valence-corrected chi connectivity index (χ2v) is 8.37. The average molecular weight is 406 g/mol. The van der Waals surface area contributed by atoms with Gasteiger partial charge in [0.25, 0.3) is 0 Å². The van der Waals surface area contributed by atoms with Gasteiger partial charge in [0.1, 0.15) is 11.3 Å². The van der Waals surface area contributed by atoms with Crippen LogP contribution in [0.1, 0.15) is 42.4 Å². The number of hydrogen-bond acceptors (Lipinski definition) is 4. The topological polar surface area (TPSA) is 97.0 Å². The molecule has 2 aliphatic carbocycles. The Hall–Kier alpha value is -3.28. The van der Waals surface area contributed by atoms with Crippen molar-refractivity contribution in [2.75, 3.05) is 6.61 Å². The van der Waals surface area contributed by atoms with Crippen molar-refractivity contribution in [1.29, 1.82) is 0 Å². The smallest absolute Gasteiger partial charge is 0.314 e. The average Bonchev–Trinajstić information content (AvgIpc) is 3.63. The number of rotatable bonds is 4. The van der Waals surface area contributed by atoms with Gasteiger partial charge in [0.05, 0.1) is 23.7 Å². The van der Waals surface area contributed by atoms with Crippen molar-refractivity contribution in [2.24, 2.45) is 0 Å². The molecule has 0 atom stereocenters. The lowest BCUT2D eigenvalue weighted by molar-refractivity contribution is -0.141. The number of carboxylic acid groups (broad SMARTS) is 2. The van der Waals surface area contributed by atoms with Gasteiger partial charge >= 0.3 is 11.9 Å². The van der Waals surface area contributed by atoms with Gasteiger partial charge in [-0.05, 0) is 66.6 Å². The molecular weight excluding hydrogens is 384 g/mol. The monoisotopic (exact) mass is 406 g/mol. The third-order valence-corrected chi connectivity index (χ3v) is 6.57. The van der Waals surface area contributed by atoms with Crippen molar-refractivity contribution >= 4 is 22.9 Å². The quantitative estimate of drug-likeness (QED) is 0.671. The molecule has 6 heteroatoms. The van der Waals surface area contributed by atoms with Crippen LogP contribution in [0.4, 0.5) is 0 Å². The molecule has 154 valence electrons. The zero-order chi connectivity index (χ0) is 20.9. The number of ether oxygens (including phenoxy) is 1. The molecular formula is C24H22O6. The Morgan fingerprint density at radius 3 is 2.10 bits per heavy atom. The molecule has 0 spiro atoms. The van der Waals surface area contributed by atoms with Gasteiger partial charge < -0.3 is 19.4 Å². The van der Waals surface area contributed by atoms with Crippen LogP contribution in [0.15, 0.2) is 53.1 Å². The first-order valence-corrected chi connectivity index (χ1v) is 10.2. The fourth-order valence-corrected chi connectivity index (χ4v) is 4.25. The van der Waals surface area contributed by atoms with Gasteiger partial charge in [-0.25, -0.2) is 0 Å². The van der Waals surface area contributed by atoms with Crippen LogP contribution < -0.4 is 4.74 Å². The van der Waals surface area contributed by atoms with Gasteiger partial charge in [-0.15, -0.1) is 0 Å². The highest BCUT2D eigenvalue weighted by Gasteiger charge is 2.52. The van der Waals surface area contributed by atoms with Crippen LogP contribution in [0.2, 0.25) is 0 Å². The SMILES string of the molecule is O=C(O)C1(c2ccc3c(c2)CCO3)CC1.O=C(O)C1(c2ccc3occc3c2)CC1. The van der Waals surface area contributed by atoms with Gasteiger partial charge in [-0.3, -0.25) is 9.59 Å². The van der Waals surface area contributed by atoms with Crippen LogP contribution in [-0.4, -0.2) is 28.8 Å². The number of furan rings is 1. The van der Waals surface area contributed by atoms with E-state index in [-0.39, 0.29) is 0 Å². The van der Waals surface area contributed by atoms with Crippen LogP contribution in [0.5, 0.6) is 5.75 Å². The Morgan fingerprint density at radius 1 is 0.833 bits per heavy atom. The predicted molar refractivity (Wildman–Crippen MR) is 109 cm³/mol. The number of carboxylic acids is 2. The Morgan fingerprint density at radius 2 is 1.47 bits per heavy atom. The maximum absolute atomic E-state index is 11.2. The summed E-state index contributed by atoms with van der Waals surface area (Å²) in [4.78, 5) is 22.3. The molecule has 0 saturated heterocycles. The molecule has 0 bridgehead atoms. The van der Waals surface area contributed by atoms with Crippen molar-refractivity contribution < 1.29 is 29.0 Å². The van der Waals surface area contributed by atoms with E-state index >= 15 is 0 Å². The van der Waals surface area contributed by atoms with Gasteiger partial charge in [-0.1, -0.05) is 18.2 Å². The first-order valence-electron chi connectivity index (χ1n) is 10.2. The summed E-state index contributed by atoms with van der Waals surface area (Å²) in [6.45, 7) is 0.721. The standard InChI is InChI=1S/C12H12O3.C12H10O3/c2*13-11(14)12(4-5-12)9-1-2-10-8(7-9)3-6-15-10/h1-2,7H,3-6H2,(H,13,14);1-3,6-7H,4-5H2,(H,13,14). The van der Waals surface area contributed by atoms with Crippen LogP contribution in [-0.2, 0) is 26.8 Å². The maximum atomic E-state index is 11.2. The van der Waals surface area contributed by atoms with E-state index in [1.165, 1.54) is 0 Å². The molecule has 6 rings (SSSR count). The number of hydrogen-bond donors (Lipinski definition) is 2. The van der Waals surface area contributed by atoms with E-state index in [0.717, 1.165) is 72.1 Å². The minimum absolute atomic E-state index is 0.586. The summed E-state index contributed by atoms with van der Waals surface area (Å²) < 4.78 is 10.6. The molecule has 1 aromatic heterocycles. The summed E-state index contributed by atoms with van der Waals surface area (Å²) >= 11 is 0. The predicted octanol–water partition coefficient (Wildman–Crippen LogP) is 4.29. The molecule has 0 unspecified atom stereocenters. The summed E-state index contributed by atoms with van der Waals surface area (Å²) in [5.41, 5.74) is 2.59. The zero-order valence-electron chi connectivity index (χ0n) is 16.4. The molecule has 6 nitrogen and oxygen atoms in total. The Bertz CT molecular complexity index is 1150. The number of benzene rings is 2. The summed E-state index contributed by atoms with van der Waals surface area (Å²) in [5.74, 6) is -0.494. The second-order valence-electron chi connectivity index (χ2n) is 8.37. The third kappa shape index (κ3) is 2.95. The number of fused-ring (bicyclic) bond motifs is 2. The van der Waals surface area contributed by atoms with Crippen molar-refractivity contribution in [3.8, 4) is 5.75 Å². The highest BCUT2D eigenvalue weighted by molar-refractivity contribution is 5.88. The largest absolute Gasteiger partial charge is 0.493 e. The van der Waals surface area contributed by atoms with E-state index < -0.39 is 22.8 Å². The van der Waals surface area contributed by atoms with Crippen molar-refractivity contribution in [3.63, 3.8) is 0 Å². The van der Waals surface area contributed by atoms with E-state index in [4.69, 9.17) is 14.3 Å². The fraction of sp³-hybridized carbons (Fsp3) is 0.333. The molecule has 2 fully saturated rings. The summed E-state index contributed by atoms with van der Waals surface area (Å²) in [7, 11) is 0. The summed E-state index contributed by atoms with van der Waals surface area (Å²) in [5, 5.41) is 19.3. The lowest BCUT2D eigenvalue weighted by atomic mass is 9.94. The molecule has 3 aromatic rings. The van der Waals surface area contributed by atoms with E-state index in [0.29, 0.717) is 0 Å². The van der Waals surface area contributed by atoms with E-state index in [9.17, 15) is 14.7 Å². The van der Waals surface area contributed by atoms with Crippen LogP contribution in [0, 0.1) is 0 Å². The minimum Gasteiger partial charge on any atom is -0.493 e. The van der Waals surface area contributed by atoms with Crippen LogP contribution in [0.3, 0.4) is 0 Å². The van der Waals surface area contributed by atoms with Crippen LogP contribution >= 0.6 is 0 Å². The molecule has 2 heterocycles. The van der Waals surface area contributed by atoms with Crippen molar-refractivity contribution in [3.05, 3.63) is 65.4 Å². The molecule has 2 saturated carbocycles. The second kappa shape index (κ2) is 6.62. The first kappa shape index (κ1) is 18.7. The van der Waals surface area contributed by atoms with Crippen molar-refractivity contribution in [1.82, 2.24) is 0 Å². The maximum Gasteiger partial charge on any atom is 0.314 e. The zero-order valence-corrected chi connectivity index (χ0v) is 16.4. The fourth-order valence-electron chi connectivity index (χ4n) is 4.25. The van der Waals surface area contributed by atoms with Crippen LogP contribution in [0.25, 0.3) is 11.0 Å². The highest BCUT2D eigenvalue weighted by Crippen LogP contribution is 2.50. The molecule has 0 amide bonds. The van der Waals surface area contributed by atoms with E-state index in [1.54, 1.807) is 6.26 Å².